The minimum Gasteiger partial charge on any atom is -0.481 e. The fraction of sp³-hybridized carbons (Fsp3) is 0.250. The van der Waals surface area contributed by atoms with E-state index in [1.807, 2.05) is 31.2 Å². The molecule has 2 aromatic rings. The van der Waals surface area contributed by atoms with E-state index in [-0.39, 0.29) is 11.0 Å². The van der Waals surface area contributed by atoms with Crippen molar-refractivity contribution in [3.63, 3.8) is 0 Å². The minimum absolute atomic E-state index is 0.290. The van der Waals surface area contributed by atoms with Crippen molar-refractivity contribution in [3.05, 3.63) is 59.2 Å². The molecule has 2 aromatic carbocycles. The number of nitriles is 1. The van der Waals surface area contributed by atoms with Crippen LogP contribution in [0.1, 0.15) is 30.5 Å². The smallest absolute Gasteiger partial charge is 0.279 e. The maximum Gasteiger partial charge on any atom is 0.279 e. The number of rotatable bonds is 5. The van der Waals surface area contributed by atoms with Gasteiger partial charge in [-0.3, -0.25) is 15.6 Å². The highest BCUT2D eigenvalue weighted by Crippen LogP contribution is 2.20. The lowest BCUT2D eigenvalue weighted by Crippen LogP contribution is -2.48. The van der Waals surface area contributed by atoms with Gasteiger partial charge in [-0.1, -0.05) is 25.1 Å². The molecule has 0 aromatic heterocycles. The molecule has 27 heavy (non-hydrogen) atoms. The van der Waals surface area contributed by atoms with Gasteiger partial charge in [0.25, 0.3) is 5.91 Å². The van der Waals surface area contributed by atoms with Crippen LogP contribution >= 0.6 is 12.2 Å². The van der Waals surface area contributed by atoms with Gasteiger partial charge in [-0.25, -0.2) is 0 Å². The van der Waals surface area contributed by atoms with Gasteiger partial charge >= 0.3 is 0 Å². The second-order valence-corrected chi connectivity index (χ2v) is 6.34. The van der Waals surface area contributed by atoms with Crippen molar-refractivity contribution in [1.82, 2.24) is 10.9 Å². The fourth-order valence-electron chi connectivity index (χ4n) is 2.43. The van der Waals surface area contributed by atoms with E-state index in [0.717, 1.165) is 23.2 Å². The third-order valence-electron chi connectivity index (χ3n) is 3.94. The molecule has 0 aliphatic rings. The number of nitrogens with zero attached hydrogens (tertiary/aromatic N) is 1. The number of benzene rings is 2. The Bertz CT molecular complexity index is 859. The molecule has 0 fully saturated rings. The molecule has 0 unspecified atom stereocenters. The van der Waals surface area contributed by atoms with E-state index >= 15 is 0 Å². The number of aryl methyl sites for hydroxylation is 2. The lowest BCUT2D eigenvalue weighted by atomic mass is 10.1. The summed E-state index contributed by atoms with van der Waals surface area (Å²) < 4.78 is 5.56. The van der Waals surface area contributed by atoms with E-state index in [1.54, 1.807) is 31.2 Å². The number of hydrogen-bond acceptors (Lipinski definition) is 4. The largest absolute Gasteiger partial charge is 0.481 e. The molecule has 6 nitrogen and oxygen atoms in total. The highest BCUT2D eigenvalue weighted by molar-refractivity contribution is 7.80. The van der Waals surface area contributed by atoms with Crippen LogP contribution in [-0.4, -0.2) is 17.1 Å². The first kappa shape index (κ1) is 20.2. The summed E-state index contributed by atoms with van der Waals surface area (Å²) in [7, 11) is 0. The summed E-state index contributed by atoms with van der Waals surface area (Å²) in [5.41, 5.74) is 8.90. The molecular formula is C20H22N4O2S. The van der Waals surface area contributed by atoms with Gasteiger partial charge in [0.2, 0.25) is 0 Å². The molecule has 0 bridgehead atoms. The number of hydrogen-bond donors (Lipinski definition) is 3. The molecule has 1 atom stereocenters. The van der Waals surface area contributed by atoms with Gasteiger partial charge in [-0.2, -0.15) is 5.26 Å². The number of hydrazine groups is 1. The van der Waals surface area contributed by atoms with Crippen molar-refractivity contribution >= 4 is 28.9 Å². The van der Waals surface area contributed by atoms with Gasteiger partial charge < -0.3 is 10.1 Å². The normalized spacial score (nSPS) is 11.0. The van der Waals surface area contributed by atoms with Gasteiger partial charge in [-0.15, -0.1) is 0 Å². The van der Waals surface area contributed by atoms with E-state index in [2.05, 4.69) is 23.1 Å². The first-order valence-electron chi connectivity index (χ1n) is 8.56. The first-order valence-corrected chi connectivity index (χ1v) is 8.97. The molecule has 0 radical (unpaired) electrons. The van der Waals surface area contributed by atoms with Crippen LogP contribution in [0.3, 0.4) is 0 Å². The van der Waals surface area contributed by atoms with Crippen LogP contribution in [0.15, 0.2) is 42.5 Å². The van der Waals surface area contributed by atoms with Crippen LogP contribution in [0, 0.1) is 18.3 Å². The van der Waals surface area contributed by atoms with Crippen molar-refractivity contribution in [2.75, 3.05) is 5.32 Å². The predicted molar refractivity (Wildman–Crippen MR) is 109 cm³/mol. The van der Waals surface area contributed by atoms with Crippen molar-refractivity contribution in [2.45, 2.75) is 33.3 Å². The Morgan fingerprint density at radius 1 is 1.22 bits per heavy atom. The number of anilines is 1. The standard InChI is InChI=1S/C20H22N4O2S/c1-4-16-7-5-6-13(2)18(16)22-20(27)24-23-19(25)14(3)26-17-10-8-15(12-21)9-11-17/h5-11,14H,4H2,1-3H3,(H,23,25)(H2,22,24,27)/t14-/m0/s1. The first-order chi connectivity index (χ1) is 12.9. The summed E-state index contributed by atoms with van der Waals surface area (Å²) in [5.74, 6) is 0.133. The van der Waals surface area contributed by atoms with Crippen molar-refractivity contribution < 1.29 is 9.53 Å². The van der Waals surface area contributed by atoms with Crippen LogP contribution < -0.4 is 20.9 Å². The summed E-state index contributed by atoms with van der Waals surface area (Å²) in [6.45, 7) is 5.69. The van der Waals surface area contributed by atoms with Gasteiger partial charge in [-0.05, 0) is 67.9 Å². The summed E-state index contributed by atoms with van der Waals surface area (Å²) in [5, 5.41) is 12.2. The quantitative estimate of drug-likeness (QED) is 0.544. The topological polar surface area (TPSA) is 86.2 Å². The molecular weight excluding hydrogens is 360 g/mol. The predicted octanol–water partition coefficient (Wildman–Crippen LogP) is 3.21. The van der Waals surface area contributed by atoms with Crippen LogP contribution in [0.5, 0.6) is 5.75 Å². The number of carbonyl (C=O) groups excluding carboxylic acids is 1. The number of carbonyl (C=O) groups is 1. The SMILES string of the molecule is CCc1cccc(C)c1NC(=S)NNC(=O)[C@H](C)Oc1ccc(C#N)cc1. The second kappa shape index (κ2) is 9.55. The molecule has 7 heteroatoms. The van der Waals surface area contributed by atoms with Crippen LogP contribution in [0.25, 0.3) is 0 Å². The zero-order valence-electron chi connectivity index (χ0n) is 15.5. The number of amides is 1. The summed E-state index contributed by atoms with van der Waals surface area (Å²) in [6, 6.07) is 14.6. The molecule has 0 heterocycles. The number of nitrogens with one attached hydrogen (secondary N) is 3. The second-order valence-electron chi connectivity index (χ2n) is 5.93. The van der Waals surface area contributed by atoms with E-state index in [1.165, 1.54) is 0 Å². The van der Waals surface area contributed by atoms with Crippen LogP contribution in [0.4, 0.5) is 5.69 Å². The fourth-order valence-corrected chi connectivity index (χ4v) is 2.59. The number of ether oxygens (including phenoxy) is 1. The maximum atomic E-state index is 12.2. The van der Waals surface area contributed by atoms with Gasteiger partial charge in [0.1, 0.15) is 5.75 Å². The lowest BCUT2D eigenvalue weighted by molar-refractivity contribution is -0.127. The van der Waals surface area contributed by atoms with E-state index < -0.39 is 6.10 Å². The van der Waals surface area contributed by atoms with Crippen LogP contribution in [-0.2, 0) is 11.2 Å². The Morgan fingerprint density at radius 2 is 1.93 bits per heavy atom. The van der Waals surface area contributed by atoms with E-state index in [9.17, 15) is 4.79 Å². The maximum absolute atomic E-state index is 12.2. The Balaban J connectivity index is 1.87. The van der Waals surface area contributed by atoms with Gasteiger partial charge in [0, 0.05) is 5.69 Å². The lowest BCUT2D eigenvalue weighted by Gasteiger charge is -2.18. The van der Waals surface area contributed by atoms with Gasteiger partial charge in [0.05, 0.1) is 11.6 Å². The zero-order valence-corrected chi connectivity index (χ0v) is 16.3. The Morgan fingerprint density at radius 3 is 2.56 bits per heavy atom. The van der Waals surface area contributed by atoms with Crippen molar-refractivity contribution in [2.24, 2.45) is 0 Å². The third-order valence-corrected chi connectivity index (χ3v) is 4.15. The minimum atomic E-state index is -0.738. The van der Waals surface area contributed by atoms with Crippen LogP contribution in [0.2, 0.25) is 0 Å². The monoisotopic (exact) mass is 382 g/mol. The molecule has 1 amide bonds. The molecule has 0 saturated heterocycles. The molecule has 0 aliphatic carbocycles. The molecule has 140 valence electrons. The average molecular weight is 382 g/mol. The average Bonchev–Trinajstić information content (AvgIpc) is 2.68. The number of thiocarbonyl (C=S) groups is 1. The Labute approximate surface area is 164 Å². The third kappa shape index (κ3) is 5.69. The summed E-state index contributed by atoms with van der Waals surface area (Å²) >= 11 is 5.26. The van der Waals surface area contributed by atoms with Crippen molar-refractivity contribution in [3.8, 4) is 11.8 Å². The van der Waals surface area contributed by atoms with Gasteiger partial charge in [0.15, 0.2) is 11.2 Å². The summed E-state index contributed by atoms with van der Waals surface area (Å²) in [6.07, 6.45) is 0.131. The molecule has 3 N–H and O–H groups in total. The van der Waals surface area contributed by atoms with Crippen molar-refractivity contribution in [1.29, 1.82) is 5.26 Å². The van der Waals surface area contributed by atoms with E-state index in [0.29, 0.717) is 11.3 Å². The molecule has 0 saturated carbocycles. The number of para-hydroxylation sites is 1. The molecule has 0 spiro atoms. The Hall–Kier alpha value is -3.11. The molecule has 2 rings (SSSR count). The highest BCUT2D eigenvalue weighted by atomic mass is 32.1. The zero-order chi connectivity index (χ0) is 19.8. The highest BCUT2D eigenvalue weighted by Gasteiger charge is 2.15. The molecule has 0 aliphatic heterocycles. The van der Waals surface area contributed by atoms with E-state index in [4.69, 9.17) is 22.2 Å². The summed E-state index contributed by atoms with van der Waals surface area (Å²) in [4.78, 5) is 12.2. The Kier molecular flexibility index (Phi) is 7.15.